The topological polar surface area (TPSA) is 23.6 Å². The molecule has 0 aliphatic carbocycles. The second kappa shape index (κ2) is 7.80. The number of fused-ring (bicyclic) bond motifs is 2. The lowest BCUT2D eigenvalue weighted by Gasteiger charge is -2.35. The van der Waals surface area contributed by atoms with Gasteiger partial charge in [-0.3, -0.25) is 9.69 Å². The Morgan fingerprint density at radius 1 is 1.29 bits per heavy atom. The van der Waals surface area contributed by atoms with E-state index in [2.05, 4.69) is 24.9 Å². The van der Waals surface area contributed by atoms with Gasteiger partial charge in [0.2, 0.25) is 0 Å². The first-order valence-corrected chi connectivity index (χ1v) is 9.16. The summed E-state index contributed by atoms with van der Waals surface area (Å²) in [7, 11) is 2.21. The van der Waals surface area contributed by atoms with Crippen molar-refractivity contribution in [2.75, 3.05) is 13.6 Å². The Morgan fingerprint density at radius 3 is 2.79 bits per heavy atom. The van der Waals surface area contributed by atoms with E-state index in [1.54, 1.807) is 6.08 Å². The van der Waals surface area contributed by atoms with Crippen LogP contribution in [0.5, 0.6) is 0 Å². The molecule has 1 fully saturated rings. The van der Waals surface area contributed by atoms with Crippen molar-refractivity contribution < 1.29 is 4.79 Å². The third-order valence-corrected chi connectivity index (χ3v) is 5.29. The van der Waals surface area contributed by atoms with Gasteiger partial charge in [-0.2, -0.15) is 0 Å². The van der Waals surface area contributed by atoms with E-state index in [4.69, 9.17) is 0 Å². The average Bonchev–Trinajstić information content (AvgIpc) is 2.82. The van der Waals surface area contributed by atoms with Crippen LogP contribution >= 0.6 is 0 Å². The molecule has 1 aromatic rings. The molecular formula is C21H28N2O. The standard InChI is InChI=1S/C21H28N2O/c1-3-4-14-23(20-15-18-11-12-19(16-20)22(18)2)21(24)13-10-17-8-6-5-7-9-17/h5-10,13,15,18-19H,3-4,11-12,14,16H2,1-2H3. The molecule has 2 aliphatic rings. The van der Waals surface area contributed by atoms with Crippen LogP contribution in [0.3, 0.4) is 0 Å². The van der Waals surface area contributed by atoms with Crippen molar-refractivity contribution >= 4 is 12.0 Å². The molecule has 0 aromatic heterocycles. The Morgan fingerprint density at radius 2 is 2.08 bits per heavy atom. The third kappa shape index (κ3) is 3.78. The monoisotopic (exact) mass is 324 g/mol. The number of carbonyl (C=O) groups excluding carboxylic acids is 1. The first kappa shape index (κ1) is 17.0. The fourth-order valence-electron chi connectivity index (χ4n) is 3.75. The van der Waals surface area contributed by atoms with Crippen molar-refractivity contribution in [3.63, 3.8) is 0 Å². The molecule has 24 heavy (non-hydrogen) atoms. The Balaban J connectivity index is 1.75. The number of carbonyl (C=O) groups is 1. The van der Waals surface area contributed by atoms with Crippen LogP contribution in [0.2, 0.25) is 0 Å². The van der Waals surface area contributed by atoms with Crippen LogP contribution in [0.25, 0.3) is 6.08 Å². The van der Waals surface area contributed by atoms with Gasteiger partial charge < -0.3 is 4.90 Å². The quantitative estimate of drug-likeness (QED) is 0.736. The summed E-state index contributed by atoms with van der Waals surface area (Å²) in [6, 6.07) is 11.1. The second-order valence-electron chi connectivity index (χ2n) is 6.91. The van der Waals surface area contributed by atoms with E-state index in [1.165, 1.54) is 18.5 Å². The Hall–Kier alpha value is -1.87. The molecule has 3 nitrogen and oxygen atoms in total. The van der Waals surface area contributed by atoms with E-state index in [1.807, 2.05) is 41.3 Å². The van der Waals surface area contributed by atoms with E-state index >= 15 is 0 Å². The highest BCUT2D eigenvalue weighted by molar-refractivity contribution is 5.93. The number of unbranched alkanes of at least 4 members (excludes halogenated alkanes) is 1. The van der Waals surface area contributed by atoms with Crippen LogP contribution in [0.4, 0.5) is 0 Å². The first-order valence-electron chi connectivity index (χ1n) is 9.16. The van der Waals surface area contributed by atoms with Gasteiger partial charge in [0.15, 0.2) is 0 Å². The summed E-state index contributed by atoms with van der Waals surface area (Å²) in [5, 5.41) is 0. The lowest BCUT2D eigenvalue weighted by atomic mass is 10.1. The number of rotatable bonds is 6. The molecule has 2 aliphatic heterocycles. The van der Waals surface area contributed by atoms with E-state index in [0.29, 0.717) is 12.1 Å². The van der Waals surface area contributed by atoms with Crippen LogP contribution in [-0.2, 0) is 4.79 Å². The van der Waals surface area contributed by atoms with Crippen LogP contribution < -0.4 is 0 Å². The van der Waals surface area contributed by atoms with Crippen molar-refractivity contribution in [3.05, 3.63) is 53.7 Å². The van der Waals surface area contributed by atoms with E-state index in [0.717, 1.165) is 31.4 Å². The maximum absolute atomic E-state index is 12.8. The molecule has 0 saturated carbocycles. The molecule has 0 spiro atoms. The van der Waals surface area contributed by atoms with Gasteiger partial charge >= 0.3 is 0 Å². The minimum Gasteiger partial charge on any atom is -0.313 e. The van der Waals surface area contributed by atoms with Gasteiger partial charge in [-0.05, 0) is 44.0 Å². The molecular weight excluding hydrogens is 296 g/mol. The van der Waals surface area contributed by atoms with Crippen LogP contribution in [0.1, 0.15) is 44.6 Å². The molecule has 3 rings (SSSR count). The summed E-state index contributed by atoms with van der Waals surface area (Å²) in [5.41, 5.74) is 2.30. The molecule has 3 heteroatoms. The van der Waals surface area contributed by atoms with E-state index in [9.17, 15) is 4.79 Å². The van der Waals surface area contributed by atoms with Crippen molar-refractivity contribution in [1.82, 2.24) is 9.80 Å². The summed E-state index contributed by atoms with van der Waals surface area (Å²) < 4.78 is 0. The molecule has 128 valence electrons. The fourth-order valence-corrected chi connectivity index (χ4v) is 3.75. The highest BCUT2D eigenvalue weighted by Crippen LogP contribution is 2.34. The molecule has 1 amide bonds. The molecule has 2 unspecified atom stereocenters. The van der Waals surface area contributed by atoms with E-state index in [-0.39, 0.29) is 5.91 Å². The van der Waals surface area contributed by atoms with Gasteiger partial charge in [-0.15, -0.1) is 0 Å². The zero-order chi connectivity index (χ0) is 16.9. The summed E-state index contributed by atoms with van der Waals surface area (Å²) in [5.74, 6) is 0.113. The Kier molecular flexibility index (Phi) is 5.52. The summed E-state index contributed by atoms with van der Waals surface area (Å²) >= 11 is 0. The van der Waals surface area contributed by atoms with Gasteiger partial charge in [0, 0.05) is 36.8 Å². The van der Waals surface area contributed by atoms with Gasteiger partial charge in [0.05, 0.1) is 0 Å². The predicted molar refractivity (Wildman–Crippen MR) is 99.4 cm³/mol. The second-order valence-corrected chi connectivity index (χ2v) is 6.91. The predicted octanol–water partition coefficient (Wildman–Crippen LogP) is 4.08. The number of likely N-dealkylation sites (N-methyl/N-ethyl adjacent to an activating group) is 1. The van der Waals surface area contributed by atoms with Gasteiger partial charge in [0.25, 0.3) is 5.91 Å². The normalized spacial score (nSPS) is 23.5. The largest absolute Gasteiger partial charge is 0.313 e. The Bertz CT molecular complexity index is 620. The number of hydrogen-bond acceptors (Lipinski definition) is 2. The molecule has 2 heterocycles. The van der Waals surface area contributed by atoms with E-state index < -0.39 is 0 Å². The fraction of sp³-hybridized carbons (Fsp3) is 0.476. The van der Waals surface area contributed by atoms with Gasteiger partial charge in [-0.1, -0.05) is 43.7 Å². The SMILES string of the molecule is CCCCN(C(=O)C=Cc1ccccc1)C1=CC2CCC(C1)N2C. The molecule has 0 radical (unpaired) electrons. The summed E-state index contributed by atoms with van der Waals surface area (Å²) in [6.45, 7) is 3.00. The van der Waals surface area contributed by atoms with Crippen LogP contribution in [0.15, 0.2) is 48.2 Å². The molecule has 1 aromatic carbocycles. The number of nitrogens with zero attached hydrogens (tertiary/aromatic N) is 2. The minimum atomic E-state index is 0.113. The lowest BCUT2D eigenvalue weighted by Crippen LogP contribution is -2.40. The Labute approximate surface area is 145 Å². The van der Waals surface area contributed by atoms with Crippen molar-refractivity contribution in [1.29, 1.82) is 0 Å². The van der Waals surface area contributed by atoms with Crippen LogP contribution in [0, 0.1) is 0 Å². The maximum Gasteiger partial charge on any atom is 0.250 e. The average molecular weight is 324 g/mol. The molecule has 1 saturated heterocycles. The minimum absolute atomic E-state index is 0.113. The van der Waals surface area contributed by atoms with Crippen molar-refractivity contribution in [2.24, 2.45) is 0 Å². The number of hydrogen-bond donors (Lipinski definition) is 0. The van der Waals surface area contributed by atoms with Gasteiger partial charge in [-0.25, -0.2) is 0 Å². The van der Waals surface area contributed by atoms with Crippen molar-refractivity contribution in [3.8, 4) is 0 Å². The first-order chi connectivity index (χ1) is 11.7. The summed E-state index contributed by atoms with van der Waals surface area (Å²) in [4.78, 5) is 17.3. The van der Waals surface area contributed by atoms with Gasteiger partial charge in [0.1, 0.15) is 0 Å². The lowest BCUT2D eigenvalue weighted by molar-refractivity contribution is -0.124. The molecule has 2 bridgehead atoms. The zero-order valence-electron chi connectivity index (χ0n) is 14.8. The van der Waals surface area contributed by atoms with Crippen molar-refractivity contribution in [2.45, 2.75) is 51.1 Å². The molecule has 2 atom stereocenters. The molecule has 0 N–H and O–H groups in total. The highest BCUT2D eigenvalue weighted by Gasteiger charge is 2.35. The zero-order valence-corrected chi connectivity index (χ0v) is 14.8. The number of benzene rings is 1. The van der Waals surface area contributed by atoms with Crippen LogP contribution in [-0.4, -0.2) is 41.4 Å². The smallest absolute Gasteiger partial charge is 0.250 e. The maximum atomic E-state index is 12.8. The number of amides is 1. The third-order valence-electron chi connectivity index (χ3n) is 5.29. The highest BCUT2D eigenvalue weighted by atomic mass is 16.2. The summed E-state index contributed by atoms with van der Waals surface area (Å²) in [6.07, 6.45) is 11.6.